The van der Waals surface area contributed by atoms with Gasteiger partial charge >= 0.3 is 168 Å². The van der Waals surface area contributed by atoms with Gasteiger partial charge in [0.05, 0.1) is 0 Å². The summed E-state index contributed by atoms with van der Waals surface area (Å²) in [5.74, 6) is 0. The summed E-state index contributed by atoms with van der Waals surface area (Å²) in [6.07, 6.45) is 0. The number of nitrogens with zero attached hydrogens (tertiary/aromatic N) is 7. The summed E-state index contributed by atoms with van der Waals surface area (Å²) >= 11 is -0.380. The van der Waals surface area contributed by atoms with E-state index in [-0.39, 0.29) is 43.9 Å². The zero-order valence-corrected chi connectivity index (χ0v) is 16.2. The van der Waals surface area contributed by atoms with Gasteiger partial charge in [-0.25, -0.2) is 0 Å². The Labute approximate surface area is 167 Å². The van der Waals surface area contributed by atoms with Gasteiger partial charge in [0.2, 0.25) is 0 Å². The van der Waals surface area contributed by atoms with E-state index >= 15 is 0 Å². The first kappa shape index (κ1) is 20.0. The second-order valence-electron chi connectivity index (χ2n) is 5.64. The van der Waals surface area contributed by atoms with Gasteiger partial charge < -0.3 is 0 Å². The quantitative estimate of drug-likeness (QED) is 0.267. The summed E-state index contributed by atoms with van der Waals surface area (Å²) < 4.78 is 0.409. The second kappa shape index (κ2) is 8.50. The molecule has 0 atom stereocenters. The van der Waals surface area contributed by atoms with Crippen molar-refractivity contribution < 1.29 is 14.8 Å². The summed E-state index contributed by atoms with van der Waals surface area (Å²) in [7, 11) is 0. The maximum absolute atomic E-state index is 11.2. The molecule has 0 bridgehead atoms. The molecular formula is C15H11N7O6Se. The standard InChI is InChI=1S/C15H11N7O6Se/c23-20(24)12-4-1-10(2-5-12)8-19-17-15(16-18-19)29-9-11-3-6-13(21(25)26)7-14(11)22(27)28/h1-7H,8-9H2. The van der Waals surface area contributed by atoms with Crippen molar-refractivity contribution in [1.29, 1.82) is 0 Å². The van der Waals surface area contributed by atoms with Crippen LogP contribution in [0, 0.1) is 30.3 Å². The molecule has 0 aliphatic carbocycles. The average Bonchev–Trinajstić information content (AvgIpc) is 3.13. The van der Waals surface area contributed by atoms with Gasteiger partial charge in [-0.05, 0) is 0 Å². The van der Waals surface area contributed by atoms with Crippen molar-refractivity contribution in [2.24, 2.45) is 0 Å². The Morgan fingerprint density at radius 3 is 2.17 bits per heavy atom. The van der Waals surface area contributed by atoms with Crippen LogP contribution in [0.1, 0.15) is 11.1 Å². The number of hydrogen-bond acceptors (Lipinski definition) is 9. The van der Waals surface area contributed by atoms with E-state index < -0.39 is 14.8 Å². The first-order valence-corrected chi connectivity index (χ1v) is 9.96. The van der Waals surface area contributed by atoms with Crippen LogP contribution < -0.4 is 4.72 Å². The molecule has 1 aromatic heterocycles. The number of hydrogen-bond donors (Lipinski definition) is 0. The summed E-state index contributed by atoms with van der Waals surface area (Å²) in [4.78, 5) is 32.1. The van der Waals surface area contributed by atoms with Crippen LogP contribution in [0.2, 0.25) is 0 Å². The normalized spacial score (nSPS) is 10.6. The van der Waals surface area contributed by atoms with Crippen molar-refractivity contribution in [1.82, 2.24) is 20.2 Å². The Kier molecular flexibility index (Phi) is 5.85. The first-order valence-electron chi connectivity index (χ1n) is 7.89. The molecule has 0 saturated heterocycles. The molecule has 14 heteroatoms. The fourth-order valence-electron chi connectivity index (χ4n) is 2.34. The SMILES string of the molecule is O=[N+]([O-])c1ccc(Cn2nnc([Se]Cc3ccc([N+](=O)[O-])cc3[N+](=O)[O-])n2)cc1. The Morgan fingerprint density at radius 2 is 1.55 bits per heavy atom. The van der Waals surface area contributed by atoms with Gasteiger partial charge in [-0.1, -0.05) is 0 Å². The number of benzene rings is 2. The van der Waals surface area contributed by atoms with Gasteiger partial charge in [-0.3, -0.25) is 0 Å². The number of aromatic nitrogens is 4. The third-order valence-electron chi connectivity index (χ3n) is 3.74. The molecule has 0 radical (unpaired) electrons. The van der Waals surface area contributed by atoms with Gasteiger partial charge in [0.1, 0.15) is 0 Å². The second-order valence-corrected chi connectivity index (χ2v) is 7.62. The van der Waals surface area contributed by atoms with Crippen LogP contribution >= 0.6 is 0 Å². The van der Waals surface area contributed by atoms with Crippen LogP contribution in [0.5, 0.6) is 0 Å². The van der Waals surface area contributed by atoms with Crippen LogP contribution in [0.15, 0.2) is 42.5 Å². The fraction of sp³-hybridized carbons (Fsp3) is 0.133. The molecule has 13 nitrogen and oxygen atoms in total. The Morgan fingerprint density at radius 1 is 0.897 bits per heavy atom. The molecule has 0 fully saturated rings. The van der Waals surface area contributed by atoms with Crippen molar-refractivity contribution in [3.63, 3.8) is 0 Å². The minimum atomic E-state index is -0.687. The molecule has 0 aliphatic heterocycles. The summed E-state index contributed by atoms with van der Waals surface area (Å²) in [6, 6.07) is 9.45. The van der Waals surface area contributed by atoms with E-state index in [9.17, 15) is 30.3 Å². The number of nitro groups is 3. The molecule has 0 amide bonds. The van der Waals surface area contributed by atoms with Crippen LogP contribution in [0.3, 0.4) is 0 Å². The molecule has 0 aliphatic rings. The van der Waals surface area contributed by atoms with Crippen LogP contribution in [-0.4, -0.2) is 49.9 Å². The average molecular weight is 464 g/mol. The first-order chi connectivity index (χ1) is 13.8. The molecular weight excluding hydrogens is 453 g/mol. The summed E-state index contributed by atoms with van der Waals surface area (Å²) in [5.41, 5.74) is 0.416. The van der Waals surface area contributed by atoms with E-state index in [2.05, 4.69) is 15.4 Å². The zero-order chi connectivity index (χ0) is 21.0. The predicted molar refractivity (Wildman–Crippen MR) is 98.9 cm³/mol. The van der Waals surface area contributed by atoms with Crippen molar-refractivity contribution in [3.8, 4) is 0 Å². The molecule has 0 N–H and O–H groups in total. The van der Waals surface area contributed by atoms with Crippen molar-refractivity contribution >= 4 is 36.7 Å². The van der Waals surface area contributed by atoms with Gasteiger partial charge in [0, 0.05) is 0 Å². The van der Waals surface area contributed by atoms with Crippen molar-refractivity contribution in [2.45, 2.75) is 11.9 Å². The maximum atomic E-state index is 11.2. The molecule has 3 rings (SSSR count). The molecule has 2 aromatic carbocycles. The Bertz CT molecular complexity index is 1090. The van der Waals surface area contributed by atoms with Gasteiger partial charge in [-0.2, -0.15) is 0 Å². The topological polar surface area (TPSA) is 173 Å². The van der Waals surface area contributed by atoms with Gasteiger partial charge in [0.15, 0.2) is 0 Å². The van der Waals surface area contributed by atoms with E-state index in [1.165, 1.54) is 29.1 Å². The zero-order valence-electron chi connectivity index (χ0n) is 14.4. The monoisotopic (exact) mass is 465 g/mol. The fourth-order valence-corrected chi connectivity index (χ4v) is 3.97. The van der Waals surface area contributed by atoms with E-state index in [0.29, 0.717) is 10.3 Å². The summed E-state index contributed by atoms with van der Waals surface area (Å²) in [5, 5.41) is 45.0. The number of rotatable bonds is 8. The number of nitro benzene ring substituents is 3. The van der Waals surface area contributed by atoms with Crippen LogP contribution in [0.4, 0.5) is 17.1 Å². The van der Waals surface area contributed by atoms with Crippen molar-refractivity contribution in [3.05, 3.63) is 83.9 Å². The molecule has 148 valence electrons. The molecule has 29 heavy (non-hydrogen) atoms. The van der Waals surface area contributed by atoms with E-state index in [1.54, 1.807) is 12.1 Å². The third-order valence-corrected chi connectivity index (χ3v) is 5.58. The van der Waals surface area contributed by atoms with Gasteiger partial charge in [-0.15, -0.1) is 0 Å². The Hall–Kier alpha value is -3.77. The minimum absolute atomic E-state index is 0.0194. The molecule has 3 aromatic rings. The van der Waals surface area contributed by atoms with Crippen molar-refractivity contribution in [2.75, 3.05) is 0 Å². The number of tetrazole rings is 1. The molecule has 0 saturated carbocycles. The van der Waals surface area contributed by atoms with E-state index in [1.807, 2.05) is 0 Å². The van der Waals surface area contributed by atoms with Gasteiger partial charge in [0.25, 0.3) is 0 Å². The van der Waals surface area contributed by atoms with E-state index in [0.717, 1.165) is 11.6 Å². The van der Waals surface area contributed by atoms with E-state index in [4.69, 9.17) is 0 Å². The van der Waals surface area contributed by atoms with Crippen LogP contribution in [-0.2, 0) is 11.9 Å². The summed E-state index contributed by atoms with van der Waals surface area (Å²) in [6.45, 7) is 0.263. The Balaban J connectivity index is 1.67. The predicted octanol–water partition coefficient (Wildman–Crippen LogP) is 0.976. The molecule has 0 unspecified atom stereocenters. The molecule has 1 heterocycles. The van der Waals surface area contributed by atoms with Crippen LogP contribution in [0.25, 0.3) is 0 Å². The molecule has 0 spiro atoms. The number of non-ortho nitro benzene ring substituents is 2. The third kappa shape index (κ3) is 4.94.